The fourth-order valence-corrected chi connectivity index (χ4v) is 6.13. The Bertz CT molecular complexity index is 2090. The van der Waals surface area contributed by atoms with Crippen LogP contribution >= 0.6 is 0 Å². The maximum absolute atomic E-state index is 13.5. The maximum atomic E-state index is 13.5. The first-order valence-electron chi connectivity index (χ1n) is 16.1. The van der Waals surface area contributed by atoms with Crippen LogP contribution < -0.4 is 4.72 Å². The molecule has 15 nitrogen and oxygen atoms in total. The number of nitrogens with zero attached hydrogens (tertiary/aromatic N) is 6. The Hall–Kier alpha value is -5.98. The smallest absolute Gasteiger partial charge is 0.435 e. The van der Waals surface area contributed by atoms with E-state index in [9.17, 15) is 41.2 Å². The number of carbonyl (C=O) groups excluding carboxylic acids is 3. The molecule has 5 rings (SSSR count). The number of imide groups is 1. The van der Waals surface area contributed by atoms with Gasteiger partial charge >= 0.3 is 12.3 Å². The Morgan fingerprint density at radius 1 is 1.00 bits per heavy atom. The minimum atomic E-state index is -4.71. The van der Waals surface area contributed by atoms with Crippen molar-refractivity contribution in [1.29, 1.82) is 0 Å². The van der Waals surface area contributed by atoms with Crippen LogP contribution in [-0.2, 0) is 25.8 Å². The van der Waals surface area contributed by atoms with Gasteiger partial charge in [-0.25, -0.2) is 27.5 Å². The number of hydrogen-bond acceptors (Lipinski definition) is 10. The Balaban J connectivity index is 1.06. The molecular weight excluding hydrogens is 723 g/mol. The second kappa shape index (κ2) is 15.7. The molecule has 2 heterocycles. The summed E-state index contributed by atoms with van der Waals surface area (Å²) in [6.45, 7) is 3.30. The molecule has 0 bridgehead atoms. The van der Waals surface area contributed by atoms with Crippen LogP contribution in [0.3, 0.4) is 0 Å². The summed E-state index contributed by atoms with van der Waals surface area (Å²) in [4.78, 5) is 43.1. The summed E-state index contributed by atoms with van der Waals surface area (Å²) in [7, 11) is -2.96. The van der Waals surface area contributed by atoms with Crippen LogP contribution in [0, 0.1) is 12.1 Å². The molecule has 0 radical (unpaired) electrons. The first kappa shape index (κ1) is 38.3. The number of aromatic nitrogens is 2. The van der Waals surface area contributed by atoms with Gasteiger partial charge in [0.1, 0.15) is 0 Å². The lowest BCUT2D eigenvalue weighted by Gasteiger charge is -2.19. The average molecular weight is 758 g/mol. The summed E-state index contributed by atoms with van der Waals surface area (Å²) in [6, 6.07) is 18.7. The minimum Gasteiger partial charge on any atom is -0.569 e. The lowest BCUT2D eigenvalue weighted by Crippen LogP contribution is -2.39. The van der Waals surface area contributed by atoms with Crippen LogP contribution in [0.2, 0.25) is 0 Å². The molecule has 53 heavy (non-hydrogen) atoms. The maximum Gasteiger partial charge on any atom is 0.435 e. The van der Waals surface area contributed by atoms with E-state index in [1.807, 2.05) is 6.92 Å². The molecule has 19 heteroatoms. The van der Waals surface area contributed by atoms with Crippen molar-refractivity contribution in [1.82, 2.24) is 24.4 Å². The van der Waals surface area contributed by atoms with Gasteiger partial charge in [-0.2, -0.15) is 18.3 Å². The molecule has 0 saturated heterocycles. The average Bonchev–Trinajstić information content (AvgIpc) is 3.68. The molecule has 0 aliphatic carbocycles. The van der Waals surface area contributed by atoms with Gasteiger partial charge < -0.3 is 14.8 Å². The van der Waals surface area contributed by atoms with Gasteiger partial charge in [0.25, 0.3) is 21.8 Å². The highest BCUT2D eigenvalue weighted by Crippen LogP contribution is 2.33. The normalized spacial score (nSPS) is 13.8. The summed E-state index contributed by atoms with van der Waals surface area (Å²) in [6.07, 6.45) is -5.85. The van der Waals surface area contributed by atoms with Gasteiger partial charge in [0.15, 0.2) is 5.69 Å². The highest BCUT2D eigenvalue weighted by Gasteiger charge is 2.40. The minimum absolute atomic E-state index is 0.140. The lowest BCUT2D eigenvalue weighted by molar-refractivity contribution is -0.707. The van der Waals surface area contributed by atoms with Gasteiger partial charge in [-0.05, 0) is 75.6 Å². The third-order valence-electron chi connectivity index (χ3n) is 8.07. The van der Waals surface area contributed by atoms with Crippen molar-refractivity contribution in [2.75, 3.05) is 20.2 Å². The van der Waals surface area contributed by atoms with Gasteiger partial charge in [0, 0.05) is 5.56 Å². The molecule has 1 atom stereocenters. The molecular formula is C34H34F3N7O8S. The number of halogens is 3. The molecule has 4 aromatic rings. The Labute approximate surface area is 301 Å². The number of sulfonamides is 1. The van der Waals surface area contributed by atoms with Gasteiger partial charge in [-0.1, -0.05) is 42.0 Å². The zero-order valence-electron chi connectivity index (χ0n) is 28.6. The molecule has 0 spiro atoms. The van der Waals surface area contributed by atoms with E-state index in [-0.39, 0.29) is 45.5 Å². The molecule has 3 amide bonds. The fourth-order valence-electron chi connectivity index (χ4n) is 5.24. The van der Waals surface area contributed by atoms with Crippen molar-refractivity contribution < 1.29 is 50.5 Å². The number of ether oxygens (including phenoxy) is 1. The van der Waals surface area contributed by atoms with Crippen LogP contribution in [0.15, 0.2) is 89.0 Å². The molecule has 280 valence electrons. The van der Waals surface area contributed by atoms with Crippen LogP contribution in [-0.4, -0.2) is 77.4 Å². The van der Waals surface area contributed by atoms with Gasteiger partial charge in [-0.3, -0.25) is 9.59 Å². The van der Waals surface area contributed by atoms with Gasteiger partial charge in [0.05, 0.1) is 52.6 Å². The Morgan fingerprint density at radius 3 is 2.23 bits per heavy atom. The first-order valence-corrected chi connectivity index (χ1v) is 17.6. The van der Waals surface area contributed by atoms with Crippen molar-refractivity contribution in [3.05, 3.63) is 106 Å². The molecule has 1 aliphatic heterocycles. The number of hydrogen-bond donors (Lipinski definition) is 1. The van der Waals surface area contributed by atoms with E-state index in [4.69, 9.17) is 9.57 Å². The van der Waals surface area contributed by atoms with Crippen molar-refractivity contribution >= 4 is 27.9 Å². The zero-order valence-corrected chi connectivity index (χ0v) is 29.4. The third-order valence-corrected chi connectivity index (χ3v) is 9.39. The van der Waals surface area contributed by atoms with Crippen molar-refractivity contribution in [2.24, 2.45) is 5.28 Å². The standard InChI is InChI=1S/C34H34F3N7O8S/c1-22-11-13-24(14-12-22)29-21-30(34(35,36)37)38-43(29)25-15-17-26(18-16-25)53(49,50)39-33(47)51-20-8-4-7-19-41(3)44(48)40-52-23(2)42-31(45)27-9-5-6-10-28(27)32(42)46/h5-6,9-18,21,23H,4,7-8,19-20H2,1-3H3,(H,39,47)/b44-40+. The van der Waals surface area contributed by atoms with E-state index in [0.29, 0.717) is 24.8 Å². The summed E-state index contributed by atoms with van der Waals surface area (Å²) in [5, 5.41) is 20.6. The molecule has 1 N–H and O–H groups in total. The number of benzene rings is 3. The predicted octanol–water partition coefficient (Wildman–Crippen LogP) is 5.83. The molecule has 1 aliphatic rings. The second-order valence-corrected chi connectivity index (χ2v) is 13.6. The van der Waals surface area contributed by atoms with E-state index in [1.165, 1.54) is 43.2 Å². The number of hydrazine groups is 1. The molecule has 0 saturated carbocycles. The number of carbonyl (C=O) groups is 3. The predicted molar refractivity (Wildman–Crippen MR) is 180 cm³/mol. The fraction of sp³-hybridized carbons (Fsp3) is 0.294. The monoisotopic (exact) mass is 757 g/mol. The molecule has 3 aromatic carbocycles. The van der Waals surface area contributed by atoms with E-state index in [0.717, 1.165) is 33.3 Å². The number of alkyl halides is 3. The van der Waals surface area contributed by atoms with Crippen LogP contribution in [0.5, 0.6) is 0 Å². The van der Waals surface area contributed by atoms with E-state index in [1.54, 1.807) is 41.1 Å². The van der Waals surface area contributed by atoms with Gasteiger partial charge in [0.2, 0.25) is 11.5 Å². The topological polar surface area (TPSA) is 179 Å². The summed E-state index contributed by atoms with van der Waals surface area (Å²) < 4.78 is 74.0. The summed E-state index contributed by atoms with van der Waals surface area (Å²) in [5.41, 5.74) is 1.00. The largest absolute Gasteiger partial charge is 0.569 e. The zero-order chi connectivity index (χ0) is 38.5. The van der Waals surface area contributed by atoms with Crippen molar-refractivity contribution in [2.45, 2.75) is 50.4 Å². The highest BCUT2D eigenvalue weighted by atomic mass is 32.2. The number of fused-ring (bicyclic) bond motifs is 1. The second-order valence-electron chi connectivity index (χ2n) is 11.9. The Kier molecular flexibility index (Phi) is 11.3. The third kappa shape index (κ3) is 8.91. The van der Waals surface area contributed by atoms with Crippen LogP contribution in [0.4, 0.5) is 18.0 Å². The number of unbranched alkanes of at least 4 members (excludes halogenated alkanes) is 2. The number of nitrogens with one attached hydrogen (secondary N) is 1. The quantitative estimate of drug-likeness (QED) is 0.0541. The van der Waals surface area contributed by atoms with Crippen molar-refractivity contribution in [3.8, 4) is 16.9 Å². The molecule has 0 fully saturated rings. The summed E-state index contributed by atoms with van der Waals surface area (Å²) in [5.74, 6) is -1.12. The highest BCUT2D eigenvalue weighted by molar-refractivity contribution is 7.90. The van der Waals surface area contributed by atoms with Gasteiger partial charge in [-0.15, -0.1) is 5.01 Å². The SMILES string of the molecule is Cc1ccc(-c2cc(C(F)(F)F)nn2-c2ccc(S(=O)(=O)NC(=O)OCCCCCN(C)/[N+]([O-])=N\OC(C)N3C(=O)c4ccccc4C3=O)cc2)cc1. The lowest BCUT2D eigenvalue weighted by atomic mass is 10.1. The number of aryl methyl sites for hydroxylation is 1. The van der Waals surface area contributed by atoms with E-state index in [2.05, 4.69) is 10.4 Å². The van der Waals surface area contributed by atoms with E-state index >= 15 is 0 Å². The number of amides is 3. The van der Waals surface area contributed by atoms with Crippen LogP contribution in [0.25, 0.3) is 16.9 Å². The van der Waals surface area contributed by atoms with Crippen molar-refractivity contribution in [3.63, 3.8) is 0 Å². The van der Waals surface area contributed by atoms with Crippen LogP contribution in [0.1, 0.15) is 58.2 Å². The first-order chi connectivity index (χ1) is 25.1. The molecule has 1 aromatic heterocycles. The van der Waals surface area contributed by atoms with E-state index < -0.39 is 46.0 Å². The molecule has 1 unspecified atom stereocenters. The Morgan fingerprint density at radius 2 is 1.62 bits per heavy atom. The summed E-state index contributed by atoms with van der Waals surface area (Å²) >= 11 is 0. The number of rotatable bonds is 14.